The first-order chi connectivity index (χ1) is 10.7. The highest BCUT2D eigenvalue weighted by molar-refractivity contribution is 5.60. The summed E-state index contributed by atoms with van der Waals surface area (Å²) in [5.41, 5.74) is 0.00373. The number of hydrogen-bond acceptors (Lipinski definition) is 7. The van der Waals surface area contributed by atoms with E-state index in [1.807, 2.05) is 0 Å². The summed E-state index contributed by atoms with van der Waals surface area (Å²) in [6.45, 7) is 7.56. The minimum Gasteiger partial charge on any atom is -0.379 e. The Kier molecular flexibility index (Phi) is 6.35. The molecule has 1 fully saturated rings. The van der Waals surface area contributed by atoms with Crippen LogP contribution in [0.25, 0.3) is 0 Å². The van der Waals surface area contributed by atoms with Crippen LogP contribution in [-0.4, -0.2) is 60.7 Å². The number of rotatable bonds is 8. The highest BCUT2D eigenvalue weighted by atomic mass is 16.6. The third kappa shape index (κ3) is 4.81. The lowest BCUT2D eigenvalue weighted by molar-refractivity contribution is -0.384. The van der Waals surface area contributed by atoms with Gasteiger partial charge in [0, 0.05) is 38.8 Å². The van der Waals surface area contributed by atoms with Crippen LogP contribution >= 0.6 is 0 Å². The molecule has 22 heavy (non-hydrogen) atoms. The fourth-order valence-electron chi connectivity index (χ4n) is 2.24. The number of nitro groups is 1. The minimum atomic E-state index is -0.409. The normalized spacial score (nSPS) is 15.5. The summed E-state index contributed by atoms with van der Waals surface area (Å²) < 4.78 is 5.30. The van der Waals surface area contributed by atoms with Gasteiger partial charge in [-0.05, 0) is 12.5 Å². The predicted molar refractivity (Wildman–Crippen MR) is 85.4 cm³/mol. The highest BCUT2D eigenvalue weighted by Crippen LogP contribution is 2.23. The number of pyridine rings is 1. The number of ether oxygens (including phenoxy) is 1. The minimum absolute atomic E-state index is 0.00373. The van der Waals surface area contributed by atoms with Gasteiger partial charge in [0.25, 0.3) is 0 Å². The van der Waals surface area contributed by atoms with E-state index in [-0.39, 0.29) is 5.69 Å². The van der Waals surface area contributed by atoms with Crippen molar-refractivity contribution in [1.29, 1.82) is 0 Å². The van der Waals surface area contributed by atoms with E-state index in [0.29, 0.717) is 18.2 Å². The molecule has 0 unspecified atom stereocenters. The maximum Gasteiger partial charge on any atom is 0.311 e. The van der Waals surface area contributed by atoms with Gasteiger partial charge >= 0.3 is 5.69 Å². The Hall–Kier alpha value is -1.93. The lowest BCUT2D eigenvalue weighted by Gasteiger charge is -2.26. The van der Waals surface area contributed by atoms with Crippen LogP contribution in [0.4, 0.5) is 17.3 Å². The van der Waals surface area contributed by atoms with E-state index in [2.05, 4.69) is 27.4 Å². The molecule has 0 radical (unpaired) electrons. The van der Waals surface area contributed by atoms with Crippen LogP contribution in [0.15, 0.2) is 12.1 Å². The quantitative estimate of drug-likeness (QED) is 0.556. The molecule has 0 amide bonds. The Morgan fingerprint density at radius 2 is 2.09 bits per heavy atom. The maximum atomic E-state index is 11.1. The first-order valence-electron chi connectivity index (χ1n) is 7.64. The molecule has 0 saturated carbocycles. The Morgan fingerprint density at radius 3 is 2.77 bits per heavy atom. The molecular weight excluding hydrogens is 286 g/mol. The van der Waals surface area contributed by atoms with Gasteiger partial charge in [0.15, 0.2) is 0 Å². The van der Waals surface area contributed by atoms with Crippen molar-refractivity contribution in [3.63, 3.8) is 0 Å². The van der Waals surface area contributed by atoms with Gasteiger partial charge in [-0.25, -0.2) is 4.98 Å². The van der Waals surface area contributed by atoms with Crippen molar-refractivity contribution in [1.82, 2.24) is 9.88 Å². The summed E-state index contributed by atoms with van der Waals surface area (Å²) in [5.74, 6) is 0.973. The van der Waals surface area contributed by atoms with E-state index >= 15 is 0 Å². The smallest absolute Gasteiger partial charge is 0.311 e. The zero-order chi connectivity index (χ0) is 15.8. The summed E-state index contributed by atoms with van der Waals surface area (Å²) in [6, 6.07) is 3.13. The van der Waals surface area contributed by atoms with Crippen LogP contribution in [0.1, 0.15) is 13.3 Å². The van der Waals surface area contributed by atoms with Crippen LogP contribution in [0.5, 0.6) is 0 Å². The SMILES string of the molecule is CCCNc1ccc([N+](=O)[O-])c(NCCN2CCOCC2)n1. The first-order valence-corrected chi connectivity index (χ1v) is 7.64. The van der Waals surface area contributed by atoms with Crippen LogP contribution in [0, 0.1) is 10.1 Å². The lowest BCUT2D eigenvalue weighted by Crippen LogP contribution is -2.39. The van der Waals surface area contributed by atoms with Crippen LogP contribution in [0.3, 0.4) is 0 Å². The van der Waals surface area contributed by atoms with Crippen molar-refractivity contribution in [3.8, 4) is 0 Å². The van der Waals surface area contributed by atoms with Gasteiger partial charge in [0.05, 0.1) is 18.1 Å². The van der Waals surface area contributed by atoms with Crippen molar-refractivity contribution in [2.75, 3.05) is 56.6 Å². The third-order valence-corrected chi connectivity index (χ3v) is 3.45. The largest absolute Gasteiger partial charge is 0.379 e. The topological polar surface area (TPSA) is 92.6 Å². The van der Waals surface area contributed by atoms with Gasteiger partial charge in [0.2, 0.25) is 5.82 Å². The fraction of sp³-hybridized carbons (Fsp3) is 0.643. The number of hydrogen-bond donors (Lipinski definition) is 2. The monoisotopic (exact) mass is 309 g/mol. The zero-order valence-electron chi connectivity index (χ0n) is 12.9. The molecule has 1 saturated heterocycles. The molecular formula is C14H23N5O3. The van der Waals surface area contributed by atoms with Gasteiger partial charge < -0.3 is 15.4 Å². The van der Waals surface area contributed by atoms with Crippen molar-refractivity contribution in [2.24, 2.45) is 0 Å². The van der Waals surface area contributed by atoms with Crippen LogP contribution in [-0.2, 0) is 4.74 Å². The van der Waals surface area contributed by atoms with E-state index in [0.717, 1.165) is 45.8 Å². The van der Waals surface area contributed by atoms with Crippen molar-refractivity contribution >= 4 is 17.3 Å². The van der Waals surface area contributed by atoms with Gasteiger partial charge in [-0.3, -0.25) is 15.0 Å². The second-order valence-electron chi connectivity index (χ2n) is 5.13. The summed E-state index contributed by atoms with van der Waals surface area (Å²) in [7, 11) is 0. The molecule has 1 aliphatic heterocycles. The molecule has 8 nitrogen and oxygen atoms in total. The molecule has 122 valence electrons. The Balaban J connectivity index is 1.94. The van der Waals surface area contributed by atoms with E-state index in [4.69, 9.17) is 4.74 Å². The molecule has 1 aromatic rings. The van der Waals surface area contributed by atoms with Crippen LogP contribution in [0.2, 0.25) is 0 Å². The van der Waals surface area contributed by atoms with Crippen molar-refractivity contribution in [3.05, 3.63) is 22.2 Å². The fourth-order valence-corrected chi connectivity index (χ4v) is 2.24. The number of morpholine rings is 1. The molecule has 0 bridgehead atoms. The summed E-state index contributed by atoms with van der Waals surface area (Å²) in [6.07, 6.45) is 0.971. The Bertz CT molecular complexity index is 491. The average Bonchev–Trinajstić information content (AvgIpc) is 2.54. The first kappa shape index (κ1) is 16.4. The van der Waals surface area contributed by atoms with E-state index < -0.39 is 4.92 Å². The standard InChI is InChI=1S/C14H23N5O3/c1-2-5-15-13-4-3-12(19(20)21)14(17-13)16-6-7-18-8-10-22-11-9-18/h3-4H,2,5-11H2,1H3,(H2,15,16,17). The zero-order valence-corrected chi connectivity index (χ0v) is 12.9. The van der Waals surface area contributed by atoms with E-state index in [1.54, 1.807) is 6.07 Å². The molecule has 8 heteroatoms. The third-order valence-electron chi connectivity index (χ3n) is 3.45. The highest BCUT2D eigenvalue weighted by Gasteiger charge is 2.16. The second kappa shape index (κ2) is 8.50. The van der Waals surface area contributed by atoms with Crippen LogP contribution < -0.4 is 10.6 Å². The molecule has 0 aromatic carbocycles. The second-order valence-corrected chi connectivity index (χ2v) is 5.13. The molecule has 0 aliphatic carbocycles. The maximum absolute atomic E-state index is 11.1. The van der Waals surface area contributed by atoms with Gasteiger partial charge in [-0.2, -0.15) is 0 Å². The lowest BCUT2D eigenvalue weighted by atomic mass is 10.3. The number of nitrogens with zero attached hydrogens (tertiary/aromatic N) is 3. The number of nitrogens with one attached hydrogen (secondary N) is 2. The van der Waals surface area contributed by atoms with Gasteiger partial charge in [-0.1, -0.05) is 6.92 Å². The molecule has 2 rings (SSSR count). The molecule has 0 atom stereocenters. The Morgan fingerprint density at radius 1 is 1.32 bits per heavy atom. The van der Waals surface area contributed by atoms with Crippen molar-refractivity contribution in [2.45, 2.75) is 13.3 Å². The molecule has 2 heterocycles. The van der Waals surface area contributed by atoms with Crippen molar-refractivity contribution < 1.29 is 9.66 Å². The van der Waals surface area contributed by atoms with Gasteiger partial charge in [0.1, 0.15) is 5.82 Å². The molecule has 1 aliphatic rings. The average molecular weight is 309 g/mol. The Labute approximate surface area is 130 Å². The molecule has 0 spiro atoms. The molecule has 2 N–H and O–H groups in total. The summed E-state index contributed by atoms with van der Waals surface area (Å²) in [4.78, 5) is 17.3. The summed E-state index contributed by atoms with van der Waals surface area (Å²) in [5, 5.41) is 17.3. The summed E-state index contributed by atoms with van der Waals surface area (Å²) >= 11 is 0. The van der Waals surface area contributed by atoms with E-state index in [1.165, 1.54) is 6.07 Å². The molecule has 1 aromatic heterocycles. The van der Waals surface area contributed by atoms with E-state index in [9.17, 15) is 10.1 Å². The van der Waals surface area contributed by atoms with Gasteiger partial charge in [-0.15, -0.1) is 0 Å². The predicted octanol–water partition coefficient (Wildman–Crippen LogP) is 1.56. The number of aromatic nitrogens is 1. The number of anilines is 2.